The van der Waals surface area contributed by atoms with Crippen LogP contribution in [0.1, 0.15) is 43.7 Å². The van der Waals surface area contributed by atoms with Gasteiger partial charge in [-0.25, -0.2) is 0 Å². The highest BCUT2D eigenvalue weighted by atomic mass is 16.4. The average molecular weight is 232 g/mol. The van der Waals surface area contributed by atoms with Gasteiger partial charge >= 0.3 is 5.97 Å². The number of carbonyl (C=O) groups excluding carboxylic acids is 1. The summed E-state index contributed by atoms with van der Waals surface area (Å²) < 4.78 is 0. The van der Waals surface area contributed by atoms with Crippen molar-refractivity contribution in [2.45, 2.75) is 38.0 Å². The summed E-state index contributed by atoms with van der Waals surface area (Å²) in [6.45, 7) is 4.14. The zero-order chi connectivity index (χ0) is 12.6. The van der Waals surface area contributed by atoms with Crippen LogP contribution in [0.15, 0.2) is 24.3 Å². The van der Waals surface area contributed by atoms with Crippen LogP contribution in [-0.4, -0.2) is 16.9 Å². The molecule has 0 unspecified atom stereocenters. The maximum atomic E-state index is 11.4. The van der Waals surface area contributed by atoms with Gasteiger partial charge < -0.3 is 5.11 Å². The van der Waals surface area contributed by atoms with Gasteiger partial charge in [0.15, 0.2) is 0 Å². The summed E-state index contributed by atoms with van der Waals surface area (Å²) in [7, 11) is 0. The van der Waals surface area contributed by atoms with Crippen molar-refractivity contribution in [1.29, 1.82) is 0 Å². The maximum absolute atomic E-state index is 11.4. The van der Waals surface area contributed by atoms with E-state index in [1.807, 2.05) is 24.3 Å². The van der Waals surface area contributed by atoms with Crippen LogP contribution >= 0.6 is 0 Å². The Hall–Kier alpha value is -1.64. The molecule has 0 radical (unpaired) electrons. The third-order valence-electron chi connectivity index (χ3n) is 3.51. The number of benzene rings is 1. The maximum Gasteiger partial charge on any atom is 0.315 e. The summed E-state index contributed by atoms with van der Waals surface area (Å²) in [4.78, 5) is 22.5. The van der Waals surface area contributed by atoms with Crippen molar-refractivity contribution in [3.05, 3.63) is 35.4 Å². The first-order valence-corrected chi connectivity index (χ1v) is 5.81. The lowest BCUT2D eigenvalue weighted by molar-refractivity contribution is -0.153. The molecule has 0 heterocycles. The van der Waals surface area contributed by atoms with E-state index in [0.717, 1.165) is 11.1 Å². The van der Waals surface area contributed by atoms with E-state index in [1.165, 1.54) is 0 Å². The molecule has 0 bridgehead atoms. The van der Waals surface area contributed by atoms with Crippen LogP contribution in [0.3, 0.4) is 0 Å². The number of aliphatic carboxylic acids is 1. The molecule has 1 aromatic rings. The van der Waals surface area contributed by atoms with Crippen LogP contribution in [0.2, 0.25) is 0 Å². The molecule has 2 rings (SSSR count). The highest BCUT2D eigenvalue weighted by Crippen LogP contribution is 2.42. The normalized spacial score (nSPS) is 17.9. The number of ketones is 1. The van der Waals surface area contributed by atoms with Crippen molar-refractivity contribution in [3.63, 3.8) is 0 Å². The molecular formula is C14H16O3. The highest BCUT2D eigenvalue weighted by Gasteiger charge is 2.51. The van der Waals surface area contributed by atoms with E-state index < -0.39 is 11.4 Å². The van der Waals surface area contributed by atoms with Crippen molar-refractivity contribution in [2.24, 2.45) is 0 Å². The Kier molecular flexibility index (Phi) is 2.77. The molecule has 3 heteroatoms. The lowest BCUT2D eigenvalue weighted by Crippen LogP contribution is -2.48. The first kappa shape index (κ1) is 11.8. The quantitative estimate of drug-likeness (QED) is 0.871. The monoisotopic (exact) mass is 232 g/mol. The summed E-state index contributed by atoms with van der Waals surface area (Å²) in [5.74, 6) is -0.503. The van der Waals surface area contributed by atoms with E-state index in [4.69, 9.17) is 0 Å². The van der Waals surface area contributed by atoms with Gasteiger partial charge in [0, 0.05) is 12.8 Å². The van der Waals surface area contributed by atoms with Crippen LogP contribution in [0.5, 0.6) is 0 Å². The molecule has 0 atom stereocenters. The fourth-order valence-corrected chi connectivity index (χ4v) is 2.30. The lowest BCUT2D eigenvalue weighted by atomic mass is 9.63. The number of hydrogen-bond donors (Lipinski definition) is 1. The molecule has 90 valence electrons. The van der Waals surface area contributed by atoms with Crippen LogP contribution in [0, 0.1) is 0 Å². The van der Waals surface area contributed by atoms with E-state index in [9.17, 15) is 14.7 Å². The summed E-state index contributed by atoms with van der Waals surface area (Å²) in [6, 6.07) is 7.60. The molecular weight excluding hydrogens is 216 g/mol. The van der Waals surface area contributed by atoms with E-state index in [-0.39, 0.29) is 18.6 Å². The van der Waals surface area contributed by atoms with E-state index in [2.05, 4.69) is 13.8 Å². The average Bonchev–Trinajstić information content (AvgIpc) is 2.24. The number of carbonyl (C=O) groups is 2. The van der Waals surface area contributed by atoms with E-state index >= 15 is 0 Å². The predicted molar refractivity (Wildman–Crippen MR) is 64.1 cm³/mol. The van der Waals surface area contributed by atoms with Gasteiger partial charge in [-0.15, -0.1) is 0 Å². The molecule has 0 saturated heterocycles. The zero-order valence-electron chi connectivity index (χ0n) is 10.1. The zero-order valence-corrected chi connectivity index (χ0v) is 10.1. The van der Waals surface area contributed by atoms with Crippen LogP contribution in [0.25, 0.3) is 0 Å². The molecule has 0 amide bonds. The second kappa shape index (κ2) is 3.99. The van der Waals surface area contributed by atoms with Gasteiger partial charge in [-0.05, 0) is 17.0 Å². The minimum absolute atomic E-state index is 0.0300. The number of carboxylic acid groups (broad SMARTS) is 1. The second-order valence-electron chi connectivity index (χ2n) is 5.06. The molecule has 1 aliphatic rings. The number of carboxylic acids is 1. The van der Waals surface area contributed by atoms with Crippen LogP contribution in [-0.2, 0) is 15.0 Å². The summed E-state index contributed by atoms with van der Waals surface area (Å²) >= 11 is 0. The summed E-state index contributed by atoms with van der Waals surface area (Å²) in [5, 5.41) is 9.33. The lowest BCUT2D eigenvalue weighted by Gasteiger charge is -2.37. The molecule has 0 aliphatic heterocycles. The minimum Gasteiger partial charge on any atom is -0.481 e. The minimum atomic E-state index is -0.970. The number of Topliss-reactive ketones (excluding diaryl/α,β-unsaturated/α-hetero) is 1. The first-order chi connectivity index (χ1) is 7.95. The van der Waals surface area contributed by atoms with E-state index in [1.54, 1.807) is 0 Å². The number of hydrogen-bond acceptors (Lipinski definition) is 2. The van der Waals surface area contributed by atoms with Gasteiger partial charge in [0.2, 0.25) is 0 Å². The molecule has 1 fully saturated rings. The smallest absolute Gasteiger partial charge is 0.315 e. The summed E-state index contributed by atoms with van der Waals surface area (Å²) in [5.41, 5.74) is 0.903. The molecule has 1 saturated carbocycles. The standard InChI is InChI=1S/C14H16O3/c1-9(2)10-4-3-5-11(6-10)14(13(16)17)7-12(15)8-14/h3-6,9H,7-8H2,1-2H3,(H,16,17). The van der Waals surface area contributed by atoms with Crippen molar-refractivity contribution < 1.29 is 14.7 Å². The van der Waals surface area contributed by atoms with Crippen molar-refractivity contribution in [2.75, 3.05) is 0 Å². The molecule has 1 aromatic carbocycles. The third-order valence-corrected chi connectivity index (χ3v) is 3.51. The molecule has 0 spiro atoms. The van der Waals surface area contributed by atoms with Gasteiger partial charge in [0.05, 0.1) is 0 Å². The van der Waals surface area contributed by atoms with Crippen LogP contribution < -0.4 is 0 Å². The Labute approximate surface area is 100 Å². The van der Waals surface area contributed by atoms with Gasteiger partial charge in [-0.3, -0.25) is 9.59 Å². The Morgan fingerprint density at radius 2 is 2.00 bits per heavy atom. The van der Waals surface area contributed by atoms with Crippen LogP contribution in [0.4, 0.5) is 0 Å². The Morgan fingerprint density at radius 1 is 1.35 bits per heavy atom. The van der Waals surface area contributed by atoms with Gasteiger partial charge in [0.1, 0.15) is 11.2 Å². The van der Waals surface area contributed by atoms with Crippen molar-refractivity contribution >= 4 is 11.8 Å². The highest BCUT2D eigenvalue weighted by molar-refractivity contribution is 6.01. The topological polar surface area (TPSA) is 54.4 Å². The van der Waals surface area contributed by atoms with Gasteiger partial charge in [0.25, 0.3) is 0 Å². The number of rotatable bonds is 3. The predicted octanol–water partition coefficient (Wildman–Crippen LogP) is 2.50. The molecule has 17 heavy (non-hydrogen) atoms. The van der Waals surface area contributed by atoms with Crippen molar-refractivity contribution in [1.82, 2.24) is 0 Å². The Bertz CT molecular complexity index is 466. The fourth-order valence-electron chi connectivity index (χ4n) is 2.30. The third kappa shape index (κ3) is 1.86. The first-order valence-electron chi connectivity index (χ1n) is 5.81. The van der Waals surface area contributed by atoms with Crippen molar-refractivity contribution in [3.8, 4) is 0 Å². The molecule has 3 nitrogen and oxygen atoms in total. The Morgan fingerprint density at radius 3 is 2.47 bits per heavy atom. The van der Waals surface area contributed by atoms with E-state index in [0.29, 0.717) is 5.92 Å². The SMILES string of the molecule is CC(C)c1cccc(C2(C(=O)O)CC(=O)C2)c1. The molecule has 1 aliphatic carbocycles. The largest absolute Gasteiger partial charge is 0.481 e. The Balaban J connectivity index is 2.41. The van der Waals surface area contributed by atoms with Gasteiger partial charge in [-0.2, -0.15) is 0 Å². The summed E-state index contributed by atoms with van der Waals surface area (Å²) in [6.07, 6.45) is 0.258. The molecule has 0 aromatic heterocycles. The second-order valence-corrected chi connectivity index (χ2v) is 5.06. The fraction of sp³-hybridized carbons (Fsp3) is 0.429. The van der Waals surface area contributed by atoms with Gasteiger partial charge in [-0.1, -0.05) is 38.1 Å². The molecule has 1 N–H and O–H groups in total.